The topological polar surface area (TPSA) is 9.23 Å². The third-order valence-electron chi connectivity index (χ3n) is 4.15. The van der Waals surface area contributed by atoms with E-state index in [1.165, 1.54) is 22.3 Å². The zero-order chi connectivity index (χ0) is 14.1. The third-order valence-corrected chi connectivity index (χ3v) is 4.15. The molecule has 1 aliphatic heterocycles. The zero-order valence-corrected chi connectivity index (χ0v) is 12.5. The summed E-state index contributed by atoms with van der Waals surface area (Å²) in [5.41, 5.74) is 5.35. The molecular formula is C19H22O. The molecule has 0 N–H and O–H groups in total. The number of rotatable bonds is 2. The van der Waals surface area contributed by atoms with Gasteiger partial charge in [0.15, 0.2) is 0 Å². The van der Waals surface area contributed by atoms with Gasteiger partial charge in [0.2, 0.25) is 0 Å². The molecule has 0 fully saturated rings. The van der Waals surface area contributed by atoms with Gasteiger partial charge in [0, 0.05) is 0 Å². The molecule has 0 spiro atoms. The molecule has 0 amide bonds. The van der Waals surface area contributed by atoms with E-state index in [4.69, 9.17) is 4.74 Å². The first kappa shape index (κ1) is 13.2. The first-order valence-corrected chi connectivity index (χ1v) is 7.50. The lowest BCUT2D eigenvalue weighted by Crippen LogP contribution is -2.16. The number of benzene rings is 2. The molecular weight excluding hydrogens is 244 g/mol. The Morgan fingerprint density at radius 1 is 1.10 bits per heavy atom. The summed E-state index contributed by atoms with van der Waals surface area (Å²) in [6, 6.07) is 15.2. The minimum atomic E-state index is 0.201. The van der Waals surface area contributed by atoms with Gasteiger partial charge in [-0.25, -0.2) is 0 Å². The summed E-state index contributed by atoms with van der Waals surface area (Å²) in [6.45, 7) is 6.66. The van der Waals surface area contributed by atoms with Gasteiger partial charge in [-0.2, -0.15) is 0 Å². The first-order valence-electron chi connectivity index (χ1n) is 7.50. The Balaban J connectivity index is 1.92. The van der Waals surface area contributed by atoms with E-state index in [0.717, 1.165) is 18.6 Å². The molecule has 2 aromatic carbocycles. The average Bonchev–Trinajstić information content (AvgIpc) is 2.47. The molecule has 0 bridgehead atoms. The molecule has 0 aromatic heterocycles. The van der Waals surface area contributed by atoms with Crippen molar-refractivity contribution in [1.29, 1.82) is 0 Å². The maximum Gasteiger partial charge on any atom is 0.126 e. The summed E-state index contributed by atoms with van der Waals surface area (Å²) >= 11 is 0. The van der Waals surface area contributed by atoms with Crippen molar-refractivity contribution in [3.8, 4) is 5.75 Å². The maximum atomic E-state index is 6.28. The van der Waals surface area contributed by atoms with Crippen LogP contribution >= 0.6 is 0 Å². The maximum absolute atomic E-state index is 6.28. The minimum Gasteiger partial charge on any atom is -0.485 e. The average molecular weight is 266 g/mol. The standard InChI is InChI=1S/C19H22O/c1-13(2)17-11-14(3)19-16(12-17)9-10-18(20-19)15-7-5-4-6-8-15/h4-8,11-13,18H,9-10H2,1-3H3. The molecule has 0 aliphatic carbocycles. The molecule has 2 aromatic rings. The first-order chi connectivity index (χ1) is 9.65. The van der Waals surface area contributed by atoms with Crippen LogP contribution in [-0.2, 0) is 6.42 Å². The highest BCUT2D eigenvalue weighted by Crippen LogP contribution is 2.38. The van der Waals surface area contributed by atoms with E-state index in [1.54, 1.807) is 0 Å². The second-order valence-corrected chi connectivity index (χ2v) is 6.04. The Hall–Kier alpha value is -1.76. The van der Waals surface area contributed by atoms with Crippen LogP contribution in [0.4, 0.5) is 0 Å². The normalized spacial score (nSPS) is 17.7. The van der Waals surface area contributed by atoms with Gasteiger partial charge in [0.1, 0.15) is 11.9 Å². The summed E-state index contributed by atoms with van der Waals surface area (Å²) < 4.78 is 6.28. The molecule has 0 saturated carbocycles. The second kappa shape index (κ2) is 5.32. The summed E-state index contributed by atoms with van der Waals surface area (Å²) in [6.07, 6.45) is 2.38. The number of fused-ring (bicyclic) bond motifs is 1. The minimum absolute atomic E-state index is 0.201. The molecule has 0 saturated heterocycles. The van der Waals surface area contributed by atoms with Crippen molar-refractivity contribution in [3.05, 3.63) is 64.7 Å². The summed E-state index contributed by atoms with van der Waals surface area (Å²) in [5.74, 6) is 1.68. The van der Waals surface area contributed by atoms with Crippen molar-refractivity contribution in [2.75, 3.05) is 0 Å². The van der Waals surface area contributed by atoms with Gasteiger partial charge in [-0.1, -0.05) is 56.3 Å². The van der Waals surface area contributed by atoms with Crippen LogP contribution in [0, 0.1) is 6.92 Å². The fourth-order valence-electron chi connectivity index (χ4n) is 2.96. The molecule has 1 heterocycles. The molecule has 3 rings (SSSR count). The van der Waals surface area contributed by atoms with Crippen LogP contribution in [0.5, 0.6) is 5.75 Å². The highest BCUT2D eigenvalue weighted by Gasteiger charge is 2.23. The zero-order valence-electron chi connectivity index (χ0n) is 12.5. The van der Waals surface area contributed by atoms with Gasteiger partial charge in [-0.3, -0.25) is 0 Å². The molecule has 20 heavy (non-hydrogen) atoms. The van der Waals surface area contributed by atoms with E-state index in [1.807, 2.05) is 0 Å². The fraction of sp³-hybridized carbons (Fsp3) is 0.368. The Morgan fingerprint density at radius 3 is 2.55 bits per heavy atom. The number of hydrogen-bond acceptors (Lipinski definition) is 1. The van der Waals surface area contributed by atoms with Gasteiger partial charge in [0.25, 0.3) is 0 Å². The van der Waals surface area contributed by atoms with Gasteiger partial charge in [0.05, 0.1) is 0 Å². The smallest absolute Gasteiger partial charge is 0.126 e. The summed E-state index contributed by atoms with van der Waals surface area (Å²) in [4.78, 5) is 0. The monoisotopic (exact) mass is 266 g/mol. The molecule has 1 unspecified atom stereocenters. The second-order valence-electron chi connectivity index (χ2n) is 6.04. The molecule has 0 radical (unpaired) electrons. The van der Waals surface area contributed by atoms with Crippen molar-refractivity contribution < 1.29 is 4.74 Å². The molecule has 1 heteroatoms. The van der Waals surface area contributed by atoms with Gasteiger partial charge in [-0.15, -0.1) is 0 Å². The SMILES string of the molecule is Cc1cc(C(C)C)cc2c1OC(c1ccccc1)CC2. The van der Waals surface area contributed by atoms with Crippen molar-refractivity contribution in [2.45, 2.75) is 45.6 Å². The van der Waals surface area contributed by atoms with Crippen LogP contribution in [0.3, 0.4) is 0 Å². The number of ether oxygens (including phenoxy) is 1. The molecule has 104 valence electrons. The van der Waals surface area contributed by atoms with Crippen molar-refractivity contribution in [1.82, 2.24) is 0 Å². The van der Waals surface area contributed by atoms with E-state index in [-0.39, 0.29) is 6.10 Å². The van der Waals surface area contributed by atoms with Gasteiger partial charge in [-0.05, 0) is 47.9 Å². The van der Waals surface area contributed by atoms with E-state index in [9.17, 15) is 0 Å². The van der Waals surface area contributed by atoms with E-state index >= 15 is 0 Å². The fourth-order valence-corrected chi connectivity index (χ4v) is 2.96. The van der Waals surface area contributed by atoms with Crippen LogP contribution in [0.2, 0.25) is 0 Å². The van der Waals surface area contributed by atoms with Crippen LogP contribution < -0.4 is 4.74 Å². The van der Waals surface area contributed by atoms with E-state index in [2.05, 4.69) is 63.2 Å². The summed E-state index contributed by atoms with van der Waals surface area (Å²) in [7, 11) is 0. The highest BCUT2D eigenvalue weighted by atomic mass is 16.5. The predicted molar refractivity (Wildman–Crippen MR) is 83.4 cm³/mol. The Labute approximate surface area is 121 Å². The van der Waals surface area contributed by atoms with Crippen LogP contribution in [0.15, 0.2) is 42.5 Å². The highest BCUT2D eigenvalue weighted by molar-refractivity contribution is 5.46. The van der Waals surface area contributed by atoms with Crippen molar-refractivity contribution in [3.63, 3.8) is 0 Å². The van der Waals surface area contributed by atoms with Crippen LogP contribution in [0.25, 0.3) is 0 Å². The van der Waals surface area contributed by atoms with Crippen molar-refractivity contribution in [2.24, 2.45) is 0 Å². The van der Waals surface area contributed by atoms with E-state index < -0.39 is 0 Å². The quantitative estimate of drug-likeness (QED) is 0.727. The largest absolute Gasteiger partial charge is 0.485 e. The van der Waals surface area contributed by atoms with E-state index in [0.29, 0.717) is 5.92 Å². The molecule has 1 nitrogen and oxygen atoms in total. The summed E-state index contributed by atoms with van der Waals surface area (Å²) in [5, 5.41) is 0. The Kier molecular flexibility index (Phi) is 3.52. The molecule has 1 atom stereocenters. The third kappa shape index (κ3) is 2.45. The van der Waals surface area contributed by atoms with Gasteiger partial charge >= 0.3 is 0 Å². The Morgan fingerprint density at radius 2 is 1.85 bits per heavy atom. The Bertz CT molecular complexity index is 599. The predicted octanol–water partition coefficient (Wildman–Crippen LogP) is 5.18. The lowest BCUT2D eigenvalue weighted by atomic mass is 9.91. The van der Waals surface area contributed by atoms with Crippen molar-refractivity contribution >= 4 is 0 Å². The number of hydrogen-bond donors (Lipinski definition) is 0. The van der Waals surface area contributed by atoms with Crippen LogP contribution in [-0.4, -0.2) is 0 Å². The number of aryl methyl sites for hydroxylation is 2. The lowest BCUT2D eigenvalue weighted by molar-refractivity contribution is 0.175. The van der Waals surface area contributed by atoms with Crippen LogP contribution in [0.1, 0.15) is 54.5 Å². The molecule has 1 aliphatic rings. The lowest BCUT2D eigenvalue weighted by Gasteiger charge is -2.28. The van der Waals surface area contributed by atoms with Gasteiger partial charge < -0.3 is 4.74 Å².